The van der Waals surface area contributed by atoms with Crippen molar-refractivity contribution >= 4 is 22.1 Å². The number of nitrogens with zero attached hydrogens (tertiary/aromatic N) is 3. The minimum Gasteiger partial charge on any atom is -0.530 e. The van der Waals surface area contributed by atoms with Crippen LogP contribution < -0.4 is 19.9 Å². The number of benzene rings is 2. The number of urea groups is 1. The summed E-state index contributed by atoms with van der Waals surface area (Å²) in [5.41, 5.74) is 0.206. The topological polar surface area (TPSA) is 170 Å². The van der Waals surface area contributed by atoms with Crippen LogP contribution in [0.3, 0.4) is 0 Å². The molecule has 2 aromatic rings. The second-order valence-corrected chi connectivity index (χ2v) is 16.4. The third-order valence-electron chi connectivity index (χ3n) is 10.2. The molecule has 0 aromatic heterocycles. The number of unbranched alkanes of at least 4 members (excludes halogenated alkanes) is 1. The first kappa shape index (κ1) is 39.6. The molecule has 0 aliphatic carbocycles. The molecule has 2 N–H and O–H groups in total. The molecule has 0 bridgehead atoms. The van der Waals surface area contributed by atoms with Gasteiger partial charge in [0, 0.05) is 44.7 Å². The molecule has 0 radical (unpaired) electrons. The van der Waals surface area contributed by atoms with Gasteiger partial charge in [-0.1, -0.05) is 50.6 Å². The highest BCUT2D eigenvalue weighted by Gasteiger charge is 2.47. The second-order valence-electron chi connectivity index (χ2n) is 14.4. The van der Waals surface area contributed by atoms with Gasteiger partial charge in [-0.15, -0.1) is 0 Å². The van der Waals surface area contributed by atoms with E-state index in [0.29, 0.717) is 63.4 Å². The fourth-order valence-corrected chi connectivity index (χ4v) is 9.05. The van der Waals surface area contributed by atoms with Gasteiger partial charge in [-0.25, -0.2) is 13.2 Å². The maximum absolute atomic E-state index is 14.5. The maximum atomic E-state index is 14.5. The van der Waals surface area contributed by atoms with E-state index in [4.69, 9.17) is 18.9 Å². The summed E-state index contributed by atoms with van der Waals surface area (Å²) in [6.07, 6.45) is -0.726. The zero-order valence-corrected chi connectivity index (χ0v) is 31.4. The van der Waals surface area contributed by atoms with Gasteiger partial charge in [-0.3, -0.25) is 0 Å². The molecule has 15 heteroatoms. The number of carboxylic acid groups (broad SMARTS) is 1. The fourth-order valence-electron chi connectivity index (χ4n) is 7.39. The van der Waals surface area contributed by atoms with Crippen molar-refractivity contribution in [2.24, 2.45) is 11.3 Å². The van der Waals surface area contributed by atoms with Gasteiger partial charge in [0.2, 0.25) is 16.8 Å². The number of amides is 3. The second kappa shape index (κ2) is 17.5. The summed E-state index contributed by atoms with van der Waals surface area (Å²) in [7, 11) is -4.25. The summed E-state index contributed by atoms with van der Waals surface area (Å²) < 4.78 is 52.6. The lowest BCUT2D eigenvalue weighted by molar-refractivity contribution is -0.273. The number of fused-ring (bicyclic) bond motifs is 2. The zero-order valence-electron chi connectivity index (χ0n) is 30.6. The van der Waals surface area contributed by atoms with Crippen LogP contribution in [0.1, 0.15) is 58.9 Å². The summed E-state index contributed by atoms with van der Waals surface area (Å²) in [6.45, 7) is 9.60. The van der Waals surface area contributed by atoms with Gasteiger partial charge in [0.25, 0.3) is 0 Å². The standard InChI is InChI=1S/C37H54N4O10S/c1-5-39(6-2)35(43)38-18-11-10-17-37(3,4)24-40(52(46,47)27-14-15-32-33(21-27)51-25-50-32)22-31(42)29(20-26-12-8-7-9-13-26)41(36(44)45)30-23-49-34-28(30)16-19-48-34/h7-9,12-15,21,28-31,34,42H,5-6,10-11,16-20,22-25H2,1-4H3,(H,38,43)(H,44,45)/p-1/t28-,29-,30-,31+,34+/m0/s1. The molecule has 0 spiro atoms. The van der Waals surface area contributed by atoms with Gasteiger partial charge in [0.05, 0.1) is 36.3 Å². The molecule has 52 heavy (non-hydrogen) atoms. The van der Waals surface area contributed by atoms with E-state index in [-0.39, 0.29) is 49.8 Å². The van der Waals surface area contributed by atoms with E-state index in [9.17, 15) is 28.2 Å². The first-order valence-electron chi connectivity index (χ1n) is 18.2. The molecule has 3 aliphatic heterocycles. The van der Waals surface area contributed by atoms with Crippen LogP contribution in [-0.2, 0) is 25.9 Å². The quantitative estimate of drug-likeness (QED) is 0.216. The number of carbonyl (C=O) groups is 2. The van der Waals surface area contributed by atoms with E-state index >= 15 is 0 Å². The Morgan fingerprint density at radius 1 is 1.04 bits per heavy atom. The average Bonchev–Trinajstić information content (AvgIpc) is 3.87. The summed E-state index contributed by atoms with van der Waals surface area (Å²) in [4.78, 5) is 28.2. The molecule has 3 amide bonds. The van der Waals surface area contributed by atoms with Crippen LogP contribution in [0.4, 0.5) is 9.59 Å². The van der Waals surface area contributed by atoms with Crippen molar-refractivity contribution in [1.82, 2.24) is 19.4 Å². The van der Waals surface area contributed by atoms with E-state index in [1.807, 2.05) is 58.0 Å². The third kappa shape index (κ3) is 9.47. The third-order valence-corrected chi connectivity index (χ3v) is 12.1. The Bertz CT molecular complexity index is 1610. The largest absolute Gasteiger partial charge is 0.530 e. The van der Waals surface area contributed by atoms with Crippen molar-refractivity contribution in [2.45, 2.75) is 89.2 Å². The van der Waals surface area contributed by atoms with Gasteiger partial charge < -0.3 is 49.1 Å². The van der Waals surface area contributed by atoms with Gasteiger partial charge in [0.1, 0.15) is 6.09 Å². The monoisotopic (exact) mass is 745 g/mol. The molecule has 3 aliphatic rings. The molecule has 3 heterocycles. The predicted molar refractivity (Wildman–Crippen MR) is 190 cm³/mol. The van der Waals surface area contributed by atoms with Gasteiger partial charge in [-0.2, -0.15) is 4.31 Å². The molecule has 0 saturated carbocycles. The molecule has 0 unspecified atom stereocenters. The Morgan fingerprint density at radius 2 is 1.77 bits per heavy atom. The number of aliphatic hydroxyl groups excluding tert-OH is 1. The van der Waals surface area contributed by atoms with Crippen LogP contribution in [0.15, 0.2) is 53.4 Å². The molecule has 14 nitrogen and oxygen atoms in total. The number of hydrogen-bond acceptors (Lipinski definition) is 10. The Labute approximate surface area is 307 Å². The molecule has 2 aromatic carbocycles. The zero-order chi connectivity index (χ0) is 37.5. The predicted octanol–water partition coefficient (Wildman–Crippen LogP) is 3.03. The van der Waals surface area contributed by atoms with Crippen LogP contribution in [-0.4, -0.2) is 117 Å². The van der Waals surface area contributed by atoms with Gasteiger partial charge in [-0.05, 0) is 62.6 Å². The highest BCUT2D eigenvalue weighted by atomic mass is 32.2. The Kier molecular flexibility index (Phi) is 13.3. The molecule has 2 saturated heterocycles. The van der Waals surface area contributed by atoms with Crippen LogP contribution in [0.25, 0.3) is 0 Å². The number of rotatable bonds is 18. The van der Waals surface area contributed by atoms with E-state index in [1.165, 1.54) is 22.5 Å². The van der Waals surface area contributed by atoms with E-state index < -0.39 is 46.0 Å². The minimum absolute atomic E-state index is 0.0261. The molecule has 2 fully saturated rings. The summed E-state index contributed by atoms with van der Waals surface area (Å²) in [5.74, 6) is 0.485. The van der Waals surface area contributed by atoms with Crippen molar-refractivity contribution < 1.29 is 47.2 Å². The van der Waals surface area contributed by atoms with Crippen LogP contribution in [0, 0.1) is 11.3 Å². The highest BCUT2D eigenvalue weighted by molar-refractivity contribution is 7.89. The highest BCUT2D eigenvalue weighted by Crippen LogP contribution is 2.38. The number of carbonyl (C=O) groups excluding carboxylic acids is 2. The average molecular weight is 746 g/mol. The number of sulfonamides is 1. The van der Waals surface area contributed by atoms with Crippen molar-refractivity contribution in [3.63, 3.8) is 0 Å². The molecule has 5 rings (SSSR count). The van der Waals surface area contributed by atoms with E-state index in [1.54, 1.807) is 4.90 Å². The van der Waals surface area contributed by atoms with Crippen molar-refractivity contribution in [1.29, 1.82) is 0 Å². The lowest BCUT2D eigenvalue weighted by Crippen LogP contribution is -2.61. The number of aliphatic hydroxyl groups is 1. The van der Waals surface area contributed by atoms with Gasteiger partial charge >= 0.3 is 6.03 Å². The lowest BCUT2D eigenvalue weighted by atomic mass is 9.87. The SMILES string of the molecule is CCN(CC)C(=O)NCCCCC(C)(C)CN(C[C@@H](O)[C@H](Cc1ccccc1)N(C(=O)[O-])[C@H]1CO[C@H]2OCC[C@H]21)S(=O)(=O)c1ccc2c(c1)OCO2. The summed E-state index contributed by atoms with van der Waals surface area (Å²) >= 11 is 0. The van der Waals surface area contributed by atoms with Crippen LogP contribution >= 0.6 is 0 Å². The van der Waals surface area contributed by atoms with E-state index in [0.717, 1.165) is 10.5 Å². The smallest absolute Gasteiger partial charge is 0.317 e. The normalized spacial score (nSPS) is 20.8. The molecule has 5 atom stereocenters. The first-order valence-corrected chi connectivity index (χ1v) is 19.7. The summed E-state index contributed by atoms with van der Waals surface area (Å²) in [6, 6.07) is 11.8. The first-order chi connectivity index (χ1) is 24.8. The van der Waals surface area contributed by atoms with Crippen molar-refractivity contribution in [3.8, 4) is 11.5 Å². The van der Waals surface area contributed by atoms with Crippen LogP contribution in [0.2, 0.25) is 0 Å². The Morgan fingerprint density at radius 3 is 2.48 bits per heavy atom. The summed E-state index contributed by atoms with van der Waals surface area (Å²) in [5, 5.41) is 28.0. The number of nitrogens with one attached hydrogen (secondary N) is 1. The Hall–Kier alpha value is -3.63. The number of hydrogen-bond donors (Lipinski definition) is 2. The van der Waals surface area contributed by atoms with Gasteiger partial charge in [0.15, 0.2) is 17.8 Å². The fraction of sp³-hybridized carbons (Fsp3) is 0.622. The molecular weight excluding hydrogens is 692 g/mol. The van der Waals surface area contributed by atoms with Crippen LogP contribution in [0.5, 0.6) is 11.5 Å². The van der Waals surface area contributed by atoms with Crippen molar-refractivity contribution in [3.05, 3.63) is 54.1 Å². The minimum atomic E-state index is -4.25. The molecule has 288 valence electrons. The molecular formula is C37H53N4O10S-. The van der Waals surface area contributed by atoms with E-state index in [2.05, 4.69) is 5.32 Å². The number of ether oxygens (including phenoxy) is 4. The van der Waals surface area contributed by atoms with Crippen molar-refractivity contribution in [2.75, 3.05) is 52.7 Å². The maximum Gasteiger partial charge on any atom is 0.317 e. The lowest BCUT2D eigenvalue weighted by Gasteiger charge is -2.43. The Balaban J connectivity index is 1.40.